The molecule has 0 aromatic heterocycles. The fourth-order valence-electron chi connectivity index (χ4n) is 1.99. The number of nitro benzene ring substituents is 1. The van der Waals surface area contributed by atoms with Gasteiger partial charge in [0.1, 0.15) is 5.75 Å². The Bertz CT molecular complexity index is 880. The Morgan fingerprint density at radius 1 is 1.22 bits per heavy atom. The minimum Gasteiger partial charge on any atom is -0.497 e. The van der Waals surface area contributed by atoms with Gasteiger partial charge >= 0.3 is 11.7 Å². The maximum absolute atomic E-state index is 13.2. The fraction of sp³-hybridized carbons (Fsp3) is 0.111. The van der Waals surface area contributed by atoms with Crippen LogP contribution in [0.25, 0.3) is 6.08 Å². The molecule has 2 rings (SSSR count). The second kappa shape index (κ2) is 9.09. The van der Waals surface area contributed by atoms with Gasteiger partial charge < -0.3 is 14.8 Å². The lowest BCUT2D eigenvalue weighted by atomic mass is 10.2. The van der Waals surface area contributed by atoms with Crippen molar-refractivity contribution in [2.75, 3.05) is 19.0 Å². The number of nitro groups is 1. The van der Waals surface area contributed by atoms with Gasteiger partial charge in [0.2, 0.25) is 5.82 Å². The maximum atomic E-state index is 13.2. The lowest BCUT2D eigenvalue weighted by Crippen LogP contribution is -2.20. The van der Waals surface area contributed by atoms with Crippen molar-refractivity contribution in [3.05, 3.63) is 70.0 Å². The van der Waals surface area contributed by atoms with E-state index in [-0.39, 0.29) is 5.69 Å². The molecule has 0 atom stereocenters. The van der Waals surface area contributed by atoms with E-state index < -0.39 is 34.9 Å². The first kappa shape index (κ1) is 19.6. The van der Waals surface area contributed by atoms with Crippen LogP contribution in [0.1, 0.15) is 5.56 Å². The third-order valence-electron chi connectivity index (χ3n) is 3.30. The van der Waals surface area contributed by atoms with Crippen molar-refractivity contribution >= 4 is 29.3 Å². The average Bonchev–Trinajstić information content (AvgIpc) is 2.66. The summed E-state index contributed by atoms with van der Waals surface area (Å²) in [6.45, 7) is -0.600. The highest BCUT2D eigenvalue weighted by Crippen LogP contribution is 2.21. The molecule has 0 radical (unpaired) electrons. The summed E-state index contributed by atoms with van der Waals surface area (Å²) in [6, 6.07) is 9.80. The van der Waals surface area contributed by atoms with Crippen LogP contribution in [0.3, 0.4) is 0 Å². The molecular weight excluding hydrogens is 359 g/mol. The topological polar surface area (TPSA) is 108 Å². The highest BCUT2D eigenvalue weighted by atomic mass is 19.1. The van der Waals surface area contributed by atoms with Crippen molar-refractivity contribution < 1.29 is 28.4 Å². The summed E-state index contributed by atoms with van der Waals surface area (Å²) in [6.07, 6.45) is 2.65. The predicted molar refractivity (Wildman–Crippen MR) is 94.7 cm³/mol. The van der Waals surface area contributed by atoms with E-state index in [1.807, 2.05) is 0 Å². The Kier molecular flexibility index (Phi) is 6.59. The Hall–Kier alpha value is -3.75. The molecular formula is C18H15FN2O6. The summed E-state index contributed by atoms with van der Waals surface area (Å²) in [5, 5.41) is 12.9. The first-order chi connectivity index (χ1) is 12.9. The Morgan fingerprint density at radius 2 is 1.93 bits per heavy atom. The van der Waals surface area contributed by atoms with Gasteiger partial charge in [0.15, 0.2) is 6.61 Å². The molecule has 2 aromatic rings. The van der Waals surface area contributed by atoms with Crippen LogP contribution >= 0.6 is 0 Å². The van der Waals surface area contributed by atoms with E-state index in [9.17, 15) is 24.1 Å². The van der Waals surface area contributed by atoms with Gasteiger partial charge in [-0.05, 0) is 35.9 Å². The third-order valence-corrected chi connectivity index (χ3v) is 3.30. The molecule has 0 aliphatic carbocycles. The van der Waals surface area contributed by atoms with Crippen LogP contribution < -0.4 is 10.1 Å². The predicted octanol–water partition coefficient (Wildman–Crippen LogP) is 2.94. The molecule has 1 N–H and O–H groups in total. The van der Waals surface area contributed by atoms with Crippen LogP contribution in [0.5, 0.6) is 5.75 Å². The second-order valence-corrected chi connectivity index (χ2v) is 5.19. The molecule has 27 heavy (non-hydrogen) atoms. The van der Waals surface area contributed by atoms with Crippen LogP contribution in [0.2, 0.25) is 0 Å². The Morgan fingerprint density at radius 3 is 2.56 bits per heavy atom. The number of nitrogens with one attached hydrogen (secondary N) is 1. The van der Waals surface area contributed by atoms with Gasteiger partial charge in [-0.1, -0.05) is 12.1 Å². The summed E-state index contributed by atoms with van der Waals surface area (Å²) in [7, 11) is 1.54. The van der Waals surface area contributed by atoms with Crippen LogP contribution in [0, 0.1) is 15.9 Å². The third kappa shape index (κ3) is 5.92. The van der Waals surface area contributed by atoms with E-state index in [1.165, 1.54) is 13.2 Å². The molecule has 9 heteroatoms. The number of methoxy groups -OCH3 is 1. The molecule has 140 valence electrons. The highest BCUT2D eigenvalue weighted by molar-refractivity contribution is 5.94. The van der Waals surface area contributed by atoms with E-state index in [2.05, 4.69) is 5.32 Å². The van der Waals surface area contributed by atoms with Crippen LogP contribution in [-0.2, 0) is 14.3 Å². The molecule has 1 amide bonds. The monoisotopic (exact) mass is 374 g/mol. The number of hydrogen-bond acceptors (Lipinski definition) is 6. The molecule has 0 saturated heterocycles. The van der Waals surface area contributed by atoms with Crippen molar-refractivity contribution in [2.45, 2.75) is 0 Å². The molecule has 0 fully saturated rings. The molecule has 0 aliphatic rings. The number of esters is 1. The van der Waals surface area contributed by atoms with Gasteiger partial charge in [-0.3, -0.25) is 14.9 Å². The van der Waals surface area contributed by atoms with E-state index in [0.29, 0.717) is 5.75 Å². The van der Waals surface area contributed by atoms with E-state index in [0.717, 1.165) is 29.8 Å². The lowest BCUT2D eigenvalue weighted by Gasteiger charge is -2.05. The molecule has 0 spiro atoms. The number of nitrogens with zero attached hydrogens (tertiary/aromatic N) is 1. The van der Waals surface area contributed by atoms with Gasteiger partial charge in [0, 0.05) is 17.8 Å². The lowest BCUT2D eigenvalue weighted by molar-refractivity contribution is -0.387. The van der Waals surface area contributed by atoms with Gasteiger partial charge in [0.25, 0.3) is 5.91 Å². The van der Waals surface area contributed by atoms with Crippen molar-refractivity contribution in [3.8, 4) is 5.75 Å². The van der Waals surface area contributed by atoms with Gasteiger partial charge in [0.05, 0.1) is 12.0 Å². The Balaban J connectivity index is 1.85. The zero-order valence-corrected chi connectivity index (χ0v) is 14.2. The smallest absolute Gasteiger partial charge is 0.331 e. The van der Waals surface area contributed by atoms with E-state index in [1.54, 1.807) is 24.3 Å². The molecule has 8 nitrogen and oxygen atoms in total. The summed E-state index contributed by atoms with van der Waals surface area (Å²) < 4.78 is 23.0. The largest absolute Gasteiger partial charge is 0.497 e. The van der Waals surface area contributed by atoms with E-state index >= 15 is 0 Å². The molecule has 0 aliphatic heterocycles. The number of carbonyl (C=O) groups excluding carboxylic acids is 2. The van der Waals surface area contributed by atoms with Gasteiger partial charge in [-0.25, -0.2) is 4.79 Å². The standard InChI is InChI=1S/C18H15FN2O6/c1-26-14-6-2-12(3-7-14)4-9-18(23)27-11-17(22)20-13-5-8-15(19)16(10-13)21(24)25/h2-10H,11H2,1H3,(H,20,22)/b9-4+. The number of hydrogen-bond donors (Lipinski definition) is 1. The van der Waals surface area contributed by atoms with Gasteiger partial charge in [-0.15, -0.1) is 0 Å². The molecule has 0 saturated carbocycles. The maximum Gasteiger partial charge on any atom is 0.331 e. The molecule has 0 unspecified atom stereocenters. The minimum absolute atomic E-state index is 0.0120. The average molecular weight is 374 g/mol. The van der Waals surface area contributed by atoms with Crippen LogP contribution in [0.15, 0.2) is 48.5 Å². The number of anilines is 1. The summed E-state index contributed by atoms with van der Waals surface area (Å²) in [4.78, 5) is 33.1. The number of ether oxygens (including phenoxy) is 2. The van der Waals surface area contributed by atoms with Crippen molar-refractivity contribution in [1.82, 2.24) is 0 Å². The van der Waals surface area contributed by atoms with E-state index in [4.69, 9.17) is 9.47 Å². The first-order valence-electron chi connectivity index (χ1n) is 7.61. The quantitative estimate of drug-likeness (QED) is 0.345. The SMILES string of the molecule is COc1ccc(/C=C/C(=O)OCC(=O)Nc2ccc(F)c([N+](=O)[O-])c2)cc1. The fourth-order valence-corrected chi connectivity index (χ4v) is 1.99. The summed E-state index contributed by atoms with van der Waals surface area (Å²) in [5.41, 5.74) is -0.0269. The first-order valence-corrected chi connectivity index (χ1v) is 7.61. The van der Waals surface area contributed by atoms with Crippen LogP contribution in [-0.4, -0.2) is 30.5 Å². The normalized spacial score (nSPS) is 10.4. The van der Waals surface area contributed by atoms with Gasteiger partial charge in [-0.2, -0.15) is 4.39 Å². The number of halogens is 1. The Labute approximate surface area is 153 Å². The number of rotatable bonds is 7. The zero-order chi connectivity index (χ0) is 19.8. The number of carbonyl (C=O) groups is 2. The second-order valence-electron chi connectivity index (χ2n) is 5.19. The molecule has 0 bridgehead atoms. The minimum atomic E-state index is -1.02. The van der Waals surface area contributed by atoms with Crippen molar-refractivity contribution in [3.63, 3.8) is 0 Å². The summed E-state index contributed by atoms with van der Waals surface area (Å²) in [5.74, 6) is -1.81. The number of amides is 1. The number of benzene rings is 2. The van der Waals surface area contributed by atoms with Crippen molar-refractivity contribution in [2.24, 2.45) is 0 Å². The van der Waals surface area contributed by atoms with Crippen molar-refractivity contribution in [1.29, 1.82) is 0 Å². The highest BCUT2D eigenvalue weighted by Gasteiger charge is 2.15. The zero-order valence-electron chi connectivity index (χ0n) is 14.2. The molecule has 2 aromatic carbocycles. The molecule has 0 heterocycles. The summed E-state index contributed by atoms with van der Waals surface area (Å²) >= 11 is 0. The van der Waals surface area contributed by atoms with Crippen LogP contribution in [0.4, 0.5) is 15.8 Å².